The zero-order chi connectivity index (χ0) is 13.0. The summed E-state index contributed by atoms with van der Waals surface area (Å²) in [5.41, 5.74) is 1.94. The highest BCUT2D eigenvalue weighted by atomic mass is 35.5. The Morgan fingerprint density at radius 2 is 1.94 bits per heavy atom. The summed E-state index contributed by atoms with van der Waals surface area (Å²) in [4.78, 5) is 0. The molecule has 0 spiro atoms. The van der Waals surface area contributed by atoms with Crippen molar-refractivity contribution in [1.29, 1.82) is 0 Å². The molecule has 0 fully saturated rings. The van der Waals surface area contributed by atoms with E-state index in [0.29, 0.717) is 11.6 Å². The summed E-state index contributed by atoms with van der Waals surface area (Å²) in [6.45, 7) is 0.660. The van der Waals surface area contributed by atoms with Gasteiger partial charge in [-0.15, -0.1) is 0 Å². The van der Waals surface area contributed by atoms with E-state index in [1.807, 2.05) is 36.4 Å². The minimum Gasteiger partial charge on any atom is -0.497 e. The maximum Gasteiger partial charge on any atom is 0.121 e. The average Bonchev–Trinajstić information content (AvgIpc) is 2.38. The highest BCUT2D eigenvalue weighted by molar-refractivity contribution is 6.33. The van der Waals surface area contributed by atoms with Crippen LogP contribution in [0.1, 0.15) is 5.56 Å². The molecule has 18 heavy (non-hydrogen) atoms. The van der Waals surface area contributed by atoms with Gasteiger partial charge in [-0.3, -0.25) is 0 Å². The second-order valence-electron chi connectivity index (χ2n) is 3.83. The predicted octanol–water partition coefficient (Wildman–Crippen LogP) is 4.61. The standard InChI is InChI=1S/C14H13Cl2NO/c1-18-12-5-6-13(16)14(8-12)17-9-10-3-2-4-11(15)7-10/h2-8,17H,9H2,1H3. The smallest absolute Gasteiger partial charge is 0.121 e. The minimum atomic E-state index is 0.660. The van der Waals surface area contributed by atoms with Gasteiger partial charge in [0.2, 0.25) is 0 Å². The highest BCUT2D eigenvalue weighted by Crippen LogP contribution is 2.27. The number of nitrogens with one attached hydrogen (secondary N) is 1. The molecule has 0 aliphatic heterocycles. The SMILES string of the molecule is COc1ccc(Cl)c(NCc2cccc(Cl)c2)c1. The van der Waals surface area contributed by atoms with Gasteiger partial charge < -0.3 is 10.1 Å². The normalized spacial score (nSPS) is 10.2. The van der Waals surface area contributed by atoms with E-state index < -0.39 is 0 Å². The molecule has 0 aliphatic carbocycles. The van der Waals surface area contributed by atoms with Crippen molar-refractivity contribution in [2.24, 2.45) is 0 Å². The fraction of sp³-hybridized carbons (Fsp3) is 0.143. The molecule has 4 heteroatoms. The fourth-order valence-electron chi connectivity index (χ4n) is 1.61. The van der Waals surface area contributed by atoms with Gasteiger partial charge in [-0.25, -0.2) is 0 Å². The van der Waals surface area contributed by atoms with Gasteiger partial charge in [-0.05, 0) is 29.8 Å². The van der Waals surface area contributed by atoms with Crippen LogP contribution in [0, 0.1) is 0 Å². The third kappa shape index (κ3) is 3.31. The maximum absolute atomic E-state index is 6.11. The Morgan fingerprint density at radius 1 is 1.11 bits per heavy atom. The second-order valence-corrected chi connectivity index (χ2v) is 4.67. The largest absolute Gasteiger partial charge is 0.497 e. The van der Waals surface area contributed by atoms with Gasteiger partial charge in [0.05, 0.1) is 17.8 Å². The molecular weight excluding hydrogens is 269 g/mol. The molecule has 0 amide bonds. The Balaban J connectivity index is 2.10. The summed E-state index contributed by atoms with van der Waals surface area (Å²) in [5, 5.41) is 4.65. The molecule has 2 aromatic carbocycles. The van der Waals surface area contributed by atoms with E-state index in [0.717, 1.165) is 22.0 Å². The van der Waals surface area contributed by atoms with Crippen LogP contribution in [0.2, 0.25) is 10.0 Å². The molecule has 2 nitrogen and oxygen atoms in total. The molecule has 1 N–H and O–H groups in total. The Hall–Kier alpha value is -1.38. The predicted molar refractivity (Wildman–Crippen MR) is 76.8 cm³/mol. The minimum absolute atomic E-state index is 0.660. The van der Waals surface area contributed by atoms with Gasteiger partial charge in [0.1, 0.15) is 5.75 Å². The van der Waals surface area contributed by atoms with E-state index in [-0.39, 0.29) is 0 Å². The van der Waals surface area contributed by atoms with Crippen molar-refractivity contribution in [2.45, 2.75) is 6.54 Å². The molecule has 0 aliphatic rings. The van der Waals surface area contributed by atoms with Crippen molar-refractivity contribution in [2.75, 3.05) is 12.4 Å². The lowest BCUT2D eigenvalue weighted by Crippen LogP contribution is -2.00. The van der Waals surface area contributed by atoms with Crippen LogP contribution >= 0.6 is 23.2 Å². The third-order valence-corrected chi connectivity index (χ3v) is 3.11. The van der Waals surface area contributed by atoms with Crippen LogP contribution in [-0.4, -0.2) is 7.11 Å². The Morgan fingerprint density at radius 3 is 2.67 bits per heavy atom. The van der Waals surface area contributed by atoms with Gasteiger partial charge >= 0.3 is 0 Å². The third-order valence-electron chi connectivity index (χ3n) is 2.55. The van der Waals surface area contributed by atoms with Crippen molar-refractivity contribution in [3.63, 3.8) is 0 Å². The lowest BCUT2D eigenvalue weighted by molar-refractivity contribution is 0.415. The number of hydrogen-bond acceptors (Lipinski definition) is 2. The van der Waals surface area contributed by atoms with Crippen LogP contribution in [0.3, 0.4) is 0 Å². The number of hydrogen-bond donors (Lipinski definition) is 1. The van der Waals surface area contributed by atoms with Gasteiger partial charge in [0.15, 0.2) is 0 Å². The molecule has 0 saturated carbocycles. The van der Waals surface area contributed by atoms with Crippen LogP contribution < -0.4 is 10.1 Å². The van der Waals surface area contributed by atoms with Gasteiger partial charge in [-0.1, -0.05) is 35.3 Å². The lowest BCUT2D eigenvalue weighted by atomic mass is 10.2. The molecule has 0 saturated heterocycles. The molecule has 2 aromatic rings. The lowest BCUT2D eigenvalue weighted by Gasteiger charge is -2.10. The van der Waals surface area contributed by atoms with Crippen molar-refractivity contribution >= 4 is 28.9 Å². The van der Waals surface area contributed by atoms with E-state index >= 15 is 0 Å². The van der Waals surface area contributed by atoms with E-state index in [1.165, 1.54) is 0 Å². The number of methoxy groups -OCH3 is 1. The van der Waals surface area contributed by atoms with Crippen LogP contribution in [0.5, 0.6) is 5.75 Å². The quantitative estimate of drug-likeness (QED) is 0.883. The molecule has 2 rings (SSSR count). The second kappa shape index (κ2) is 5.98. The van der Waals surface area contributed by atoms with Gasteiger partial charge in [0.25, 0.3) is 0 Å². The first-order chi connectivity index (χ1) is 8.69. The van der Waals surface area contributed by atoms with Crippen molar-refractivity contribution in [3.8, 4) is 5.75 Å². The topological polar surface area (TPSA) is 21.3 Å². The number of halogens is 2. The summed E-state index contributed by atoms with van der Waals surface area (Å²) in [6, 6.07) is 13.2. The van der Waals surface area contributed by atoms with E-state index in [2.05, 4.69) is 5.32 Å². The molecule has 0 heterocycles. The van der Waals surface area contributed by atoms with Crippen LogP contribution in [0.4, 0.5) is 5.69 Å². The van der Waals surface area contributed by atoms with Crippen molar-refractivity contribution < 1.29 is 4.74 Å². The fourth-order valence-corrected chi connectivity index (χ4v) is 2.01. The zero-order valence-corrected chi connectivity index (χ0v) is 11.4. The Kier molecular flexibility index (Phi) is 4.34. The number of anilines is 1. The van der Waals surface area contributed by atoms with E-state index in [4.69, 9.17) is 27.9 Å². The highest BCUT2D eigenvalue weighted by Gasteiger charge is 2.02. The van der Waals surface area contributed by atoms with Crippen LogP contribution in [-0.2, 0) is 6.54 Å². The summed E-state index contributed by atoms with van der Waals surface area (Å²) in [6.07, 6.45) is 0. The Labute approximate surface area is 116 Å². The van der Waals surface area contributed by atoms with Crippen molar-refractivity contribution in [1.82, 2.24) is 0 Å². The number of ether oxygens (including phenoxy) is 1. The first kappa shape index (κ1) is 13.1. The Bertz CT molecular complexity index is 543. The van der Waals surface area contributed by atoms with E-state index in [9.17, 15) is 0 Å². The first-order valence-corrected chi connectivity index (χ1v) is 6.26. The molecular formula is C14H13Cl2NO. The number of rotatable bonds is 4. The number of benzene rings is 2. The summed E-state index contributed by atoms with van der Waals surface area (Å²) >= 11 is 12.0. The van der Waals surface area contributed by atoms with Crippen molar-refractivity contribution in [3.05, 3.63) is 58.1 Å². The van der Waals surface area contributed by atoms with Gasteiger partial charge in [-0.2, -0.15) is 0 Å². The average molecular weight is 282 g/mol. The summed E-state index contributed by atoms with van der Waals surface area (Å²) < 4.78 is 5.16. The molecule has 0 unspecified atom stereocenters. The monoisotopic (exact) mass is 281 g/mol. The zero-order valence-electron chi connectivity index (χ0n) is 9.91. The van der Waals surface area contributed by atoms with Gasteiger partial charge in [0, 0.05) is 17.6 Å². The molecule has 0 atom stereocenters. The molecule has 0 radical (unpaired) electrons. The van der Waals surface area contributed by atoms with E-state index in [1.54, 1.807) is 13.2 Å². The first-order valence-electron chi connectivity index (χ1n) is 5.51. The summed E-state index contributed by atoms with van der Waals surface area (Å²) in [5.74, 6) is 0.771. The van der Waals surface area contributed by atoms with Crippen LogP contribution in [0.15, 0.2) is 42.5 Å². The maximum atomic E-state index is 6.11. The molecule has 94 valence electrons. The molecule has 0 bridgehead atoms. The van der Waals surface area contributed by atoms with Crippen LogP contribution in [0.25, 0.3) is 0 Å². The molecule has 0 aromatic heterocycles. The summed E-state index contributed by atoms with van der Waals surface area (Å²) in [7, 11) is 1.63.